The number of ether oxygens (including phenoxy) is 3. The molecular weight excluding hydrogens is 360 g/mol. The maximum absolute atomic E-state index is 12.3. The van der Waals surface area contributed by atoms with E-state index >= 15 is 0 Å². The molecule has 1 aliphatic rings. The van der Waals surface area contributed by atoms with Gasteiger partial charge >= 0.3 is 0 Å². The summed E-state index contributed by atoms with van der Waals surface area (Å²) in [5, 5.41) is 13.3. The van der Waals surface area contributed by atoms with Crippen molar-refractivity contribution < 1.29 is 24.1 Å². The number of hydrogen-bond acceptors (Lipinski definition) is 6. The van der Waals surface area contributed by atoms with Gasteiger partial charge < -0.3 is 24.6 Å². The fraction of sp³-hybridized carbons (Fsp3) is 0.667. The van der Waals surface area contributed by atoms with Gasteiger partial charge in [0, 0.05) is 38.3 Å². The molecule has 3 atom stereocenters. The fourth-order valence-electron chi connectivity index (χ4n) is 3.52. The minimum Gasteiger partial charge on any atom is -0.496 e. The standard InChI is InChI=1S/C21H34N2O5/c1-16-8-9-17(21(25)22-10-11-26-2)12-23(16)13-19(24)15-28-14-18-6-4-5-7-20(18)27-3/h4-7,16-17,19,24H,8-15H2,1-3H3,(H,22,25). The van der Waals surface area contributed by atoms with Crippen molar-refractivity contribution in [1.82, 2.24) is 10.2 Å². The molecule has 7 heteroatoms. The molecule has 0 bridgehead atoms. The van der Waals surface area contributed by atoms with Crippen LogP contribution in [0.2, 0.25) is 0 Å². The molecular formula is C21H34N2O5. The molecule has 2 rings (SSSR count). The van der Waals surface area contributed by atoms with Gasteiger partial charge in [0.1, 0.15) is 5.75 Å². The summed E-state index contributed by atoms with van der Waals surface area (Å²) in [5.41, 5.74) is 0.955. The molecule has 0 aliphatic carbocycles. The van der Waals surface area contributed by atoms with Crippen LogP contribution < -0.4 is 10.1 Å². The number of carbonyl (C=O) groups is 1. The molecule has 0 radical (unpaired) electrons. The van der Waals surface area contributed by atoms with Crippen LogP contribution in [-0.4, -0.2) is 75.1 Å². The van der Waals surface area contributed by atoms with E-state index in [1.807, 2.05) is 24.3 Å². The number of aliphatic hydroxyl groups excluding tert-OH is 1. The van der Waals surface area contributed by atoms with Crippen LogP contribution in [0.3, 0.4) is 0 Å². The van der Waals surface area contributed by atoms with Crippen molar-refractivity contribution in [2.45, 2.75) is 38.5 Å². The third kappa shape index (κ3) is 7.05. The summed E-state index contributed by atoms with van der Waals surface area (Å²) >= 11 is 0. The molecule has 1 heterocycles. The Morgan fingerprint density at radius 2 is 2.11 bits per heavy atom. The lowest BCUT2D eigenvalue weighted by Crippen LogP contribution is -2.50. The number of methoxy groups -OCH3 is 2. The van der Waals surface area contributed by atoms with Gasteiger partial charge in [0.2, 0.25) is 5.91 Å². The Bertz CT molecular complexity index is 598. The quantitative estimate of drug-likeness (QED) is 0.553. The number of para-hydroxylation sites is 1. The van der Waals surface area contributed by atoms with Gasteiger partial charge in [-0.15, -0.1) is 0 Å². The smallest absolute Gasteiger partial charge is 0.224 e. The van der Waals surface area contributed by atoms with Crippen molar-refractivity contribution in [3.8, 4) is 5.75 Å². The molecule has 158 valence electrons. The van der Waals surface area contributed by atoms with Crippen molar-refractivity contribution in [1.29, 1.82) is 0 Å². The minimum absolute atomic E-state index is 0.0465. The highest BCUT2D eigenvalue weighted by Crippen LogP contribution is 2.22. The summed E-state index contributed by atoms with van der Waals surface area (Å²) in [6.45, 7) is 4.97. The van der Waals surface area contributed by atoms with Crippen molar-refractivity contribution in [3.05, 3.63) is 29.8 Å². The van der Waals surface area contributed by atoms with Gasteiger partial charge in [0.05, 0.1) is 39.0 Å². The normalized spacial score (nSPS) is 21.3. The molecule has 1 aromatic carbocycles. The molecule has 1 aliphatic heterocycles. The van der Waals surface area contributed by atoms with E-state index in [0.717, 1.165) is 24.2 Å². The van der Waals surface area contributed by atoms with E-state index in [1.165, 1.54) is 0 Å². The van der Waals surface area contributed by atoms with Crippen LogP contribution in [0.15, 0.2) is 24.3 Å². The number of amides is 1. The first-order valence-corrected chi connectivity index (χ1v) is 9.93. The number of carbonyl (C=O) groups excluding carboxylic acids is 1. The molecule has 0 aromatic heterocycles. The Morgan fingerprint density at radius 3 is 2.86 bits per heavy atom. The van der Waals surface area contributed by atoms with E-state index in [4.69, 9.17) is 14.2 Å². The Kier molecular flexibility index (Phi) is 9.70. The molecule has 3 unspecified atom stereocenters. The van der Waals surface area contributed by atoms with E-state index in [0.29, 0.717) is 38.9 Å². The Morgan fingerprint density at radius 1 is 1.32 bits per heavy atom. The minimum atomic E-state index is -0.604. The monoisotopic (exact) mass is 394 g/mol. The third-order valence-electron chi connectivity index (χ3n) is 5.19. The largest absolute Gasteiger partial charge is 0.496 e. The summed E-state index contributed by atoms with van der Waals surface area (Å²) < 4.78 is 16.0. The topological polar surface area (TPSA) is 80.3 Å². The highest BCUT2D eigenvalue weighted by molar-refractivity contribution is 5.78. The van der Waals surface area contributed by atoms with Crippen LogP contribution in [0.5, 0.6) is 5.75 Å². The van der Waals surface area contributed by atoms with Gasteiger partial charge in [-0.05, 0) is 25.8 Å². The second kappa shape index (κ2) is 12.0. The van der Waals surface area contributed by atoms with Gasteiger partial charge in [-0.1, -0.05) is 18.2 Å². The van der Waals surface area contributed by atoms with Crippen molar-refractivity contribution >= 4 is 5.91 Å². The predicted molar refractivity (Wildman–Crippen MR) is 107 cm³/mol. The highest BCUT2D eigenvalue weighted by atomic mass is 16.5. The van der Waals surface area contributed by atoms with E-state index in [9.17, 15) is 9.90 Å². The summed E-state index contributed by atoms with van der Waals surface area (Å²) in [7, 11) is 3.25. The number of benzene rings is 1. The molecule has 1 aromatic rings. The van der Waals surface area contributed by atoms with E-state index in [2.05, 4.69) is 17.1 Å². The molecule has 0 saturated carbocycles. The van der Waals surface area contributed by atoms with Crippen LogP contribution in [0.4, 0.5) is 0 Å². The first kappa shape index (κ1) is 22.6. The third-order valence-corrected chi connectivity index (χ3v) is 5.19. The summed E-state index contributed by atoms with van der Waals surface area (Å²) in [6, 6.07) is 8.03. The number of piperidine rings is 1. The number of β-amino-alcohol motifs (C(OH)–C–C–N with tert-alkyl or cyclic N) is 1. The van der Waals surface area contributed by atoms with Crippen molar-refractivity contribution in [2.75, 3.05) is 47.1 Å². The first-order chi connectivity index (χ1) is 13.5. The number of nitrogens with zero attached hydrogens (tertiary/aromatic N) is 1. The van der Waals surface area contributed by atoms with Crippen LogP contribution in [-0.2, 0) is 20.9 Å². The van der Waals surface area contributed by atoms with E-state index in [-0.39, 0.29) is 18.4 Å². The average Bonchev–Trinajstić information content (AvgIpc) is 2.70. The fourth-order valence-corrected chi connectivity index (χ4v) is 3.52. The number of rotatable bonds is 11. The molecule has 1 saturated heterocycles. The van der Waals surface area contributed by atoms with E-state index < -0.39 is 6.10 Å². The average molecular weight is 395 g/mol. The zero-order valence-electron chi connectivity index (χ0n) is 17.2. The van der Waals surface area contributed by atoms with Gasteiger partial charge in [0.25, 0.3) is 0 Å². The molecule has 2 N–H and O–H groups in total. The highest BCUT2D eigenvalue weighted by Gasteiger charge is 2.30. The summed E-state index contributed by atoms with van der Waals surface area (Å²) in [4.78, 5) is 14.5. The number of aliphatic hydroxyl groups is 1. The number of nitrogens with one attached hydrogen (secondary N) is 1. The SMILES string of the molecule is COCCNC(=O)C1CCC(C)N(CC(O)COCc2ccccc2OC)C1. The maximum atomic E-state index is 12.3. The molecule has 0 spiro atoms. The number of hydrogen-bond donors (Lipinski definition) is 2. The Balaban J connectivity index is 1.76. The second-order valence-electron chi connectivity index (χ2n) is 7.34. The molecule has 28 heavy (non-hydrogen) atoms. The van der Waals surface area contributed by atoms with E-state index in [1.54, 1.807) is 14.2 Å². The lowest BCUT2D eigenvalue weighted by molar-refractivity contribution is -0.127. The Labute approximate surface area is 168 Å². The number of likely N-dealkylation sites (tertiary alicyclic amines) is 1. The maximum Gasteiger partial charge on any atom is 0.224 e. The second-order valence-corrected chi connectivity index (χ2v) is 7.34. The summed E-state index contributed by atoms with van der Waals surface area (Å²) in [5.74, 6) is 0.801. The molecule has 1 fully saturated rings. The van der Waals surface area contributed by atoms with Crippen LogP contribution in [0.25, 0.3) is 0 Å². The van der Waals surface area contributed by atoms with Crippen molar-refractivity contribution in [3.63, 3.8) is 0 Å². The van der Waals surface area contributed by atoms with Crippen LogP contribution >= 0.6 is 0 Å². The lowest BCUT2D eigenvalue weighted by Gasteiger charge is -2.38. The Hall–Kier alpha value is -1.67. The zero-order chi connectivity index (χ0) is 20.4. The van der Waals surface area contributed by atoms with Gasteiger partial charge in [-0.2, -0.15) is 0 Å². The van der Waals surface area contributed by atoms with Crippen molar-refractivity contribution in [2.24, 2.45) is 5.92 Å². The summed E-state index contributed by atoms with van der Waals surface area (Å²) in [6.07, 6.45) is 1.21. The van der Waals surface area contributed by atoms with Crippen LogP contribution in [0, 0.1) is 5.92 Å². The molecule has 1 amide bonds. The lowest BCUT2D eigenvalue weighted by atomic mass is 9.92. The van der Waals surface area contributed by atoms with Gasteiger partial charge in [0.15, 0.2) is 0 Å². The van der Waals surface area contributed by atoms with Gasteiger partial charge in [-0.3, -0.25) is 9.69 Å². The first-order valence-electron chi connectivity index (χ1n) is 9.93. The molecule has 7 nitrogen and oxygen atoms in total. The predicted octanol–water partition coefficient (Wildman–Crippen LogP) is 1.44. The van der Waals surface area contributed by atoms with Gasteiger partial charge in [-0.25, -0.2) is 0 Å². The zero-order valence-corrected chi connectivity index (χ0v) is 17.2. The van der Waals surface area contributed by atoms with Crippen LogP contribution in [0.1, 0.15) is 25.3 Å².